The van der Waals surface area contributed by atoms with Crippen molar-refractivity contribution in [2.75, 3.05) is 23.8 Å². The van der Waals surface area contributed by atoms with E-state index in [-0.39, 0.29) is 24.2 Å². The lowest BCUT2D eigenvalue weighted by Gasteiger charge is -2.32. The number of piperidine rings is 1. The third-order valence-corrected chi connectivity index (χ3v) is 7.48. The average molecular weight is 580 g/mol. The molecule has 1 saturated heterocycles. The van der Waals surface area contributed by atoms with E-state index in [0.29, 0.717) is 54.4 Å². The van der Waals surface area contributed by atoms with E-state index >= 15 is 0 Å². The van der Waals surface area contributed by atoms with E-state index in [1.807, 2.05) is 36.4 Å². The van der Waals surface area contributed by atoms with E-state index in [4.69, 9.17) is 10.6 Å². The van der Waals surface area contributed by atoms with Crippen molar-refractivity contribution in [3.05, 3.63) is 88.5 Å². The molecule has 12 heteroatoms. The van der Waals surface area contributed by atoms with Gasteiger partial charge in [-0.15, -0.1) is 0 Å². The second kappa shape index (κ2) is 12.6. The summed E-state index contributed by atoms with van der Waals surface area (Å²) in [5, 5.41) is 3.75. The Morgan fingerprint density at radius 1 is 1.05 bits per heavy atom. The van der Waals surface area contributed by atoms with Crippen LogP contribution in [-0.4, -0.2) is 39.0 Å². The molecule has 0 spiro atoms. The topological polar surface area (TPSA) is 118 Å². The Bertz CT molecular complexity index is 1560. The number of alkyl halides is 2. The van der Waals surface area contributed by atoms with Crippen LogP contribution in [0.25, 0.3) is 11.0 Å². The number of aromatic nitrogens is 3. The van der Waals surface area contributed by atoms with E-state index in [1.165, 1.54) is 12.1 Å². The van der Waals surface area contributed by atoms with Gasteiger partial charge in [0.25, 0.3) is 6.43 Å². The summed E-state index contributed by atoms with van der Waals surface area (Å²) in [5.74, 6) is 6.19. The van der Waals surface area contributed by atoms with Gasteiger partial charge in [0.2, 0.25) is 0 Å². The number of likely N-dealkylation sites (tertiary alicyclic amines) is 1. The van der Waals surface area contributed by atoms with Gasteiger partial charge in [0.15, 0.2) is 5.65 Å². The number of hydrazine groups is 1. The molecule has 0 saturated carbocycles. The second-order valence-corrected chi connectivity index (χ2v) is 10.3. The summed E-state index contributed by atoms with van der Waals surface area (Å²) in [6.45, 7) is 4.57. The number of aryl methyl sites for hydroxylation is 1. The Hall–Kier alpha value is -4.45. The van der Waals surface area contributed by atoms with Crippen molar-refractivity contribution in [3.8, 4) is 0 Å². The molecule has 1 aliphatic rings. The zero-order valence-electron chi connectivity index (χ0n) is 23.3. The number of pyridine rings is 1. The molecule has 0 unspecified atom stereocenters. The van der Waals surface area contributed by atoms with Crippen molar-refractivity contribution in [1.82, 2.24) is 19.9 Å². The predicted octanol–water partition coefficient (Wildman–Crippen LogP) is 6.38. The number of hydrogen-bond donors (Lipinski definition) is 3. The molecule has 0 bridgehead atoms. The zero-order valence-corrected chi connectivity index (χ0v) is 23.3. The van der Waals surface area contributed by atoms with E-state index in [0.717, 1.165) is 17.2 Å². The lowest BCUT2D eigenvalue weighted by Crippen LogP contribution is -2.38. The minimum absolute atomic E-state index is 0.0258. The van der Waals surface area contributed by atoms with Crippen molar-refractivity contribution >= 4 is 28.8 Å². The standard InChI is InChI=1S/C30H32F3N7O2/c1-17(21-9-6-10-22(25(21)31)26(32)33)35-27-24-15-23(29(39-34)38-28(24)37-18(2)36-27)20-11-13-40(14-12-20)30(41)42-16-19-7-4-3-5-8-19/h3-10,15,17,20,26H,11-14,16,34H2,1-2H3,(H2,35,36,37,38,39)/t17-/m1/s1. The second-order valence-electron chi connectivity index (χ2n) is 10.3. The van der Waals surface area contributed by atoms with Gasteiger partial charge in [-0.3, -0.25) is 0 Å². The molecule has 1 fully saturated rings. The lowest BCUT2D eigenvalue weighted by atomic mass is 9.89. The number of nitrogen functional groups attached to an aromatic ring is 1. The van der Waals surface area contributed by atoms with Crippen molar-refractivity contribution in [1.29, 1.82) is 0 Å². The van der Waals surface area contributed by atoms with Crippen LogP contribution in [0.1, 0.15) is 66.2 Å². The summed E-state index contributed by atoms with van der Waals surface area (Å²) in [6.07, 6.45) is -1.98. The number of halogens is 3. The first-order valence-corrected chi connectivity index (χ1v) is 13.7. The number of ether oxygens (including phenoxy) is 1. The molecule has 1 atom stereocenters. The number of carbonyl (C=O) groups excluding carboxylic acids is 1. The number of nitrogens with two attached hydrogens (primary N) is 1. The maximum atomic E-state index is 14.9. The minimum atomic E-state index is -2.93. The van der Waals surface area contributed by atoms with Crippen LogP contribution in [0.3, 0.4) is 0 Å². The molecule has 3 heterocycles. The molecule has 2 aromatic heterocycles. The summed E-state index contributed by atoms with van der Waals surface area (Å²) in [5.41, 5.74) is 4.24. The van der Waals surface area contributed by atoms with E-state index in [9.17, 15) is 18.0 Å². The average Bonchev–Trinajstić information content (AvgIpc) is 2.99. The van der Waals surface area contributed by atoms with Crippen LogP contribution in [0.2, 0.25) is 0 Å². The Morgan fingerprint density at radius 3 is 2.45 bits per heavy atom. The Morgan fingerprint density at radius 2 is 1.76 bits per heavy atom. The molecule has 0 radical (unpaired) electrons. The number of hydrogen-bond acceptors (Lipinski definition) is 8. The number of nitrogens with one attached hydrogen (secondary N) is 2. The number of amides is 1. The lowest BCUT2D eigenvalue weighted by molar-refractivity contribution is 0.0870. The first-order chi connectivity index (χ1) is 20.2. The smallest absolute Gasteiger partial charge is 0.410 e. The van der Waals surface area contributed by atoms with E-state index in [1.54, 1.807) is 18.7 Å². The van der Waals surface area contributed by atoms with Crippen LogP contribution < -0.4 is 16.6 Å². The summed E-state index contributed by atoms with van der Waals surface area (Å²) >= 11 is 0. The number of anilines is 2. The summed E-state index contributed by atoms with van der Waals surface area (Å²) < 4.78 is 47.0. The normalized spacial score (nSPS) is 14.7. The highest BCUT2D eigenvalue weighted by molar-refractivity contribution is 5.89. The molecule has 1 aliphatic heterocycles. The fourth-order valence-corrected chi connectivity index (χ4v) is 5.25. The van der Waals surface area contributed by atoms with Crippen LogP contribution >= 0.6 is 0 Å². The molecule has 220 valence electrons. The SMILES string of the molecule is Cc1nc(N[C@H](C)c2cccc(C(F)F)c2F)c2cc(C3CCN(C(=O)OCc4ccccc4)CC3)c(NN)nc2n1. The van der Waals surface area contributed by atoms with Crippen LogP contribution in [0, 0.1) is 12.7 Å². The van der Waals surface area contributed by atoms with Crippen molar-refractivity contribution in [2.45, 2.75) is 51.7 Å². The van der Waals surface area contributed by atoms with Crippen LogP contribution in [-0.2, 0) is 11.3 Å². The van der Waals surface area contributed by atoms with Crippen molar-refractivity contribution in [3.63, 3.8) is 0 Å². The quantitative estimate of drug-likeness (QED) is 0.162. The van der Waals surface area contributed by atoms with Gasteiger partial charge in [-0.05, 0) is 49.8 Å². The zero-order chi connectivity index (χ0) is 29.8. The molecule has 9 nitrogen and oxygen atoms in total. The maximum Gasteiger partial charge on any atom is 0.410 e. The van der Waals surface area contributed by atoms with Crippen LogP contribution in [0.15, 0.2) is 54.6 Å². The molecule has 4 aromatic rings. The van der Waals surface area contributed by atoms with Gasteiger partial charge in [0, 0.05) is 18.7 Å². The van der Waals surface area contributed by atoms with Gasteiger partial charge >= 0.3 is 6.09 Å². The Balaban J connectivity index is 1.36. The largest absolute Gasteiger partial charge is 0.445 e. The third kappa shape index (κ3) is 6.23. The third-order valence-electron chi connectivity index (χ3n) is 7.48. The molecule has 1 amide bonds. The van der Waals surface area contributed by atoms with Gasteiger partial charge in [-0.25, -0.2) is 38.8 Å². The number of nitrogens with zero attached hydrogens (tertiary/aromatic N) is 4. The fourth-order valence-electron chi connectivity index (χ4n) is 5.25. The highest BCUT2D eigenvalue weighted by atomic mass is 19.3. The molecule has 4 N–H and O–H groups in total. The van der Waals surface area contributed by atoms with Gasteiger partial charge < -0.3 is 20.4 Å². The van der Waals surface area contributed by atoms with Crippen molar-refractivity contribution in [2.24, 2.45) is 5.84 Å². The molecule has 42 heavy (non-hydrogen) atoms. The number of carbonyl (C=O) groups is 1. The van der Waals surface area contributed by atoms with Gasteiger partial charge in [-0.2, -0.15) is 0 Å². The monoisotopic (exact) mass is 579 g/mol. The Labute approximate surface area is 241 Å². The number of benzene rings is 2. The first kappa shape index (κ1) is 29.1. The van der Waals surface area contributed by atoms with Gasteiger partial charge in [-0.1, -0.05) is 48.5 Å². The fraction of sp³-hybridized carbons (Fsp3) is 0.333. The van der Waals surface area contributed by atoms with E-state index in [2.05, 4.69) is 25.7 Å². The molecule has 2 aromatic carbocycles. The first-order valence-electron chi connectivity index (χ1n) is 13.7. The summed E-state index contributed by atoms with van der Waals surface area (Å²) in [6, 6.07) is 14.7. The van der Waals surface area contributed by atoms with E-state index < -0.39 is 23.8 Å². The molecule has 0 aliphatic carbocycles. The molecule has 5 rings (SSSR count). The van der Waals surface area contributed by atoms with Crippen molar-refractivity contribution < 1.29 is 22.7 Å². The number of fused-ring (bicyclic) bond motifs is 1. The highest BCUT2D eigenvalue weighted by Gasteiger charge is 2.28. The van der Waals surface area contributed by atoms with Gasteiger partial charge in [0.1, 0.15) is 29.9 Å². The molecular formula is C30H32F3N7O2. The van der Waals surface area contributed by atoms with Crippen LogP contribution in [0.4, 0.5) is 29.6 Å². The number of rotatable bonds is 8. The minimum Gasteiger partial charge on any atom is -0.445 e. The predicted molar refractivity (Wildman–Crippen MR) is 153 cm³/mol. The maximum absolute atomic E-state index is 14.9. The summed E-state index contributed by atoms with van der Waals surface area (Å²) in [7, 11) is 0. The highest BCUT2D eigenvalue weighted by Crippen LogP contribution is 2.36. The van der Waals surface area contributed by atoms with Crippen LogP contribution in [0.5, 0.6) is 0 Å². The molecular weight excluding hydrogens is 547 g/mol. The summed E-state index contributed by atoms with van der Waals surface area (Å²) in [4.78, 5) is 27.9. The van der Waals surface area contributed by atoms with Gasteiger partial charge in [0.05, 0.1) is 17.0 Å². The Kier molecular flexibility index (Phi) is 8.72.